The standard InChI is InChI=1S/C11H15NO3S/c1-2-3-4-5-9(13)12-10-8(11(14)15)6-7-16-10/h6-7H,2-5H2,1H3,(H,12,13)(H,14,15). The molecule has 0 fully saturated rings. The van der Waals surface area contributed by atoms with Crippen LogP contribution < -0.4 is 5.32 Å². The van der Waals surface area contributed by atoms with Crippen LogP contribution in [0.25, 0.3) is 0 Å². The molecular formula is C11H15NO3S. The summed E-state index contributed by atoms with van der Waals surface area (Å²) < 4.78 is 0. The van der Waals surface area contributed by atoms with E-state index in [0.717, 1.165) is 19.3 Å². The van der Waals surface area contributed by atoms with Crippen LogP contribution in [0.5, 0.6) is 0 Å². The largest absolute Gasteiger partial charge is 0.478 e. The maximum Gasteiger partial charge on any atom is 0.338 e. The SMILES string of the molecule is CCCCCC(=O)Nc1sccc1C(=O)O. The highest BCUT2D eigenvalue weighted by atomic mass is 32.1. The van der Waals surface area contributed by atoms with Crippen LogP contribution in [0.15, 0.2) is 11.4 Å². The van der Waals surface area contributed by atoms with E-state index >= 15 is 0 Å². The number of rotatable bonds is 6. The Morgan fingerprint density at radius 3 is 2.81 bits per heavy atom. The Balaban J connectivity index is 2.49. The molecule has 1 rings (SSSR count). The van der Waals surface area contributed by atoms with E-state index < -0.39 is 5.97 Å². The van der Waals surface area contributed by atoms with Gasteiger partial charge in [-0.15, -0.1) is 11.3 Å². The highest BCUT2D eigenvalue weighted by Crippen LogP contribution is 2.23. The van der Waals surface area contributed by atoms with Gasteiger partial charge in [-0.3, -0.25) is 4.79 Å². The van der Waals surface area contributed by atoms with Gasteiger partial charge in [0.25, 0.3) is 0 Å². The molecule has 16 heavy (non-hydrogen) atoms. The minimum atomic E-state index is -1.01. The molecule has 0 aliphatic carbocycles. The van der Waals surface area contributed by atoms with Crippen LogP contribution in [-0.2, 0) is 4.79 Å². The molecule has 4 nitrogen and oxygen atoms in total. The summed E-state index contributed by atoms with van der Waals surface area (Å²) >= 11 is 1.23. The number of carboxylic acid groups (broad SMARTS) is 1. The summed E-state index contributed by atoms with van der Waals surface area (Å²) in [6.07, 6.45) is 3.37. The second kappa shape index (κ2) is 6.27. The quantitative estimate of drug-likeness (QED) is 0.752. The number of amides is 1. The number of aromatic carboxylic acids is 1. The predicted molar refractivity (Wildman–Crippen MR) is 64.1 cm³/mol. The van der Waals surface area contributed by atoms with Gasteiger partial charge in [-0.1, -0.05) is 19.8 Å². The molecule has 0 radical (unpaired) electrons. The minimum absolute atomic E-state index is 0.113. The van der Waals surface area contributed by atoms with Gasteiger partial charge in [0.15, 0.2) is 0 Å². The lowest BCUT2D eigenvalue weighted by Gasteiger charge is -2.03. The van der Waals surface area contributed by atoms with Crippen LogP contribution in [0.1, 0.15) is 43.0 Å². The Bertz CT molecular complexity index is 373. The average molecular weight is 241 g/mol. The molecule has 0 bridgehead atoms. The van der Waals surface area contributed by atoms with E-state index in [1.807, 2.05) is 0 Å². The molecule has 0 aromatic carbocycles. The van der Waals surface area contributed by atoms with Gasteiger partial charge in [-0.2, -0.15) is 0 Å². The number of anilines is 1. The fourth-order valence-corrected chi connectivity index (χ4v) is 2.09. The molecular weight excluding hydrogens is 226 g/mol. The van der Waals surface area contributed by atoms with Gasteiger partial charge in [-0.05, 0) is 17.9 Å². The Labute approximate surface area is 98.3 Å². The maximum atomic E-state index is 11.5. The highest BCUT2D eigenvalue weighted by Gasteiger charge is 2.13. The van der Waals surface area contributed by atoms with E-state index in [1.54, 1.807) is 5.38 Å². The van der Waals surface area contributed by atoms with E-state index in [0.29, 0.717) is 11.4 Å². The molecule has 88 valence electrons. The molecule has 0 aliphatic heterocycles. The van der Waals surface area contributed by atoms with Gasteiger partial charge in [-0.25, -0.2) is 4.79 Å². The first-order chi connectivity index (χ1) is 7.65. The van der Waals surface area contributed by atoms with Crippen molar-refractivity contribution in [2.24, 2.45) is 0 Å². The Morgan fingerprint density at radius 2 is 2.19 bits per heavy atom. The Morgan fingerprint density at radius 1 is 1.44 bits per heavy atom. The zero-order valence-corrected chi connectivity index (χ0v) is 9.97. The molecule has 0 saturated heterocycles. The second-order valence-corrected chi connectivity index (χ2v) is 4.39. The summed E-state index contributed by atoms with van der Waals surface area (Å²) in [5, 5.41) is 13.5. The predicted octanol–water partition coefficient (Wildman–Crippen LogP) is 2.97. The second-order valence-electron chi connectivity index (χ2n) is 3.47. The van der Waals surface area contributed by atoms with Gasteiger partial charge in [0, 0.05) is 6.42 Å². The van der Waals surface area contributed by atoms with Gasteiger partial charge >= 0.3 is 5.97 Å². The Kier molecular flexibility index (Phi) is 4.98. The number of hydrogen-bond acceptors (Lipinski definition) is 3. The normalized spacial score (nSPS) is 10.1. The van der Waals surface area contributed by atoms with E-state index in [1.165, 1.54) is 17.4 Å². The van der Waals surface area contributed by atoms with Crippen molar-refractivity contribution >= 4 is 28.2 Å². The minimum Gasteiger partial charge on any atom is -0.478 e. The van der Waals surface area contributed by atoms with Crippen LogP contribution in [0.2, 0.25) is 0 Å². The Hall–Kier alpha value is -1.36. The zero-order chi connectivity index (χ0) is 12.0. The molecule has 0 aliphatic rings. The first-order valence-corrected chi connectivity index (χ1v) is 6.13. The molecule has 0 unspecified atom stereocenters. The van der Waals surface area contributed by atoms with Crippen molar-refractivity contribution < 1.29 is 14.7 Å². The summed E-state index contributed by atoms with van der Waals surface area (Å²) in [6, 6.07) is 1.49. The smallest absolute Gasteiger partial charge is 0.338 e. The van der Waals surface area contributed by atoms with Crippen molar-refractivity contribution in [3.8, 4) is 0 Å². The fourth-order valence-electron chi connectivity index (χ4n) is 1.30. The molecule has 1 aromatic rings. The summed E-state index contributed by atoms with van der Waals surface area (Å²) in [6.45, 7) is 2.07. The van der Waals surface area contributed by atoms with Gasteiger partial charge < -0.3 is 10.4 Å². The van der Waals surface area contributed by atoms with E-state index in [4.69, 9.17) is 5.11 Å². The molecule has 0 spiro atoms. The molecule has 2 N–H and O–H groups in total. The molecule has 0 saturated carbocycles. The third-order valence-electron chi connectivity index (χ3n) is 2.16. The van der Waals surface area contributed by atoms with E-state index in [9.17, 15) is 9.59 Å². The van der Waals surface area contributed by atoms with Gasteiger partial charge in [0.05, 0.1) is 5.56 Å². The lowest BCUT2D eigenvalue weighted by atomic mass is 10.2. The van der Waals surface area contributed by atoms with E-state index in [2.05, 4.69) is 12.2 Å². The number of carboxylic acids is 1. The number of nitrogens with one attached hydrogen (secondary N) is 1. The number of carbonyl (C=O) groups is 2. The average Bonchev–Trinajstić information content (AvgIpc) is 2.66. The summed E-state index contributed by atoms with van der Waals surface area (Å²) in [4.78, 5) is 22.2. The topological polar surface area (TPSA) is 66.4 Å². The number of hydrogen-bond donors (Lipinski definition) is 2. The fraction of sp³-hybridized carbons (Fsp3) is 0.455. The van der Waals surface area contributed by atoms with Crippen molar-refractivity contribution in [3.63, 3.8) is 0 Å². The third kappa shape index (κ3) is 3.66. The summed E-state index contributed by atoms with van der Waals surface area (Å²) in [5.41, 5.74) is 0.161. The van der Waals surface area contributed by atoms with Crippen LogP contribution in [0, 0.1) is 0 Å². The molecule has 1 aromatic heterocycles. The van der Waals surface area contributed by atoms with Crippen molar-refractivity contribution in [2.45, 2.75) is 32.6 Å². The molecule has 0 atom stereocenters. The summed E-state index contributed by atoms with van der Waals surface area (Å²) in [7, 11) is 0. The van der Waals surface area contributed by atoms with Crippen LogP contribution in [-0.4, -0.2) is 17.0 Å². The van der Waals surface area contributed by atoms with Crippen LogP contribution in [0.4, 0.5) is 5.00 Å². The first kappa shape index (κ1) is 12.7. The van der Waals surface area contributed by atoms with Crippen molar-refractivity contribution in [1.82, 2.24) is 0 Å². The van der Waals surface area contributed by atoms with E-state index in [-0.39, 0.29) is 11.5 Å². The van der Waals surface area contributed by atoms with Crippen molar-refractivity contribution in [3.05, 3.63) is 17.0 Å². The number of thiophene rings is 1. The first-order valence-electron chi connectivity index (χ1n) is 5.25. The number of unbranched alkanes of at least 4 members (excludes halogenated alkanes) is 2. The lowest BCUT2D eigenvalue weighted by Crippen LogP contribution is -2.12. The van der Waals surface area contributed by atoms with Gasteiger partial charge in [0.2, 0.25) is 5.91 Å². The third-order valence-corrected chi connectivity index (χ3v) is 2.99. The van der Waals surface area contributed by atoms with Gasteiger partial charge in [0.1, 0.15) is 5.00 Å². The molecule has 5 heteroatoms. The number of carbonyl (C=O) groups excluding carboxylic acids is 1. The van der Waals surface area contributed by atoms with Crippen LogP contribution in [0.3, 0.4) is 0 Å². The monoisotopic (exact) mass is 241 g/mol. The summed E-state index contributed by atoms with van der Waals surface area (Å²) in [5.74, 6) is -1.12. The van der Waals surface area contributed by atoms with Crippen LogP contribution >= 0.6 is 11.3 Å². The zero-order valence-electron chi connectivity index (χ0n) is 9.16. The maximum absolute atomic E-state index is 11.5. The van der Waals surface area contributed by atoms with Crippen molar-refractivity contribution in [1.29, 1.82) is 0 Å². The van der Waals surface area contributed by atoms with Crippen molar-refractivity contribution in [2.75, 3.05) is 5.32 Å². The lowest BCUT2D eigenvalue weighted by molar-refractivity contribution is -0.116. The molecule has 1 heterocycles. The molecule has 1 amide bonds. The highest BCUT2D eigenvalue weighted by molar-refractivity contribution is 7.14.